The number of ether oxygens (including phenoxy) is 1. The van der Waals surface area contributed by atoms with E-state index in [4.69, 9.17) is 4.74 Å². The zero-order valence-electron chi connectivity index (χ0n) is 11.8. The van der Waals surface area contributed by atoms with Crippen molar-refractivity contribution in [2.24, 2.45) is 0 Å². The second kappa shape index (κ2) is 6.88. The van der Waals surface area contributed by atoms with E-state index in [0.717, 1.165) is 24.1 Å². The molecule has 0 bridgehead atoms. The van der Waals surface area contributed by atoms with Gasteiger partial charge < -0.3 is 10.1 Å². The van der Waals surface area contributed by atoms with E-state index in [1.54, 1.807) is 18.3 Å². The number of amides is 1. The van der Waals surface area contributed by atoms with Crippen molar-refractivity contribution in [3.63, 3.8) is 0 Å². The molecule has 1 heterocycles. The lowest BCUT2D eigenvalue weighted by atomic mass is 9.81. The molecule has 1 aromatic heterocycles. The first-order valence-electron chi connectivity index (χ1n) is 7.17. The summed E-state index contributed by atoms with van der Waals surface area (Å²) in [6.45, 7) is 2.14. The number of hydrogen-bond acceptors (Lipinski definition) is 4. The van der Waals surface area contributed by atoms with Crippen molar-refractivity contribution in [1.82, 2.24) is 5.32 Å². The van der Waals surface area contributed by atoms with Gasteiger partial charge in [0, 0.05) is 4.88 Å². The molecule has 0 unspecified atom stereocenters. The van der Waals surface area contributed by atoms with Crippen LogP contribution < -0.4 is 5.32 Å². The molecular weight excluding hydrogens is 274 g/mol. The Labute approximate surface area is 123 Å². The standard InChI is InChI=1S/C15H21NO3S/c1-2-19-14(18)15(8-4-3-5-9-15)16-13(17)11-12-7-6-10-20-12/h6-7,10H,2-5,8-9,11H2,1H3,(H,16,17). The molecule has 0 radical (unpaired) electrons. The summed E-state index contributed by atoms with van der Waals surface area (Å²) < 4.78 is 5.17. The van der Waals surface area contributed by atoms with Crippen LogP contribution in [0.5, 0.6) is 0 Å². The highest BCUT2D eigenvalue weighted by Crippen LogP contribution is 2.29. The Morgan fingerprint density at radius 3 is 2.70 bits per heavy atom. The maximum absolute atomic E-state index is 12.2. The quantitative estimate of drug-likeness (QED) is 0.850. The number of nitrogens with one attached hydrogen (secondary N) is 1. The van der Waals surface area contributed by atoms with Gasteiger partial charge in [-0.25, -0.2) is 4.79 Å². The molecule has 1 N–H and O–H groups in total. The van der Waals surface area contributed by atoms with E-state index in [-0.39, 0.29) is 11.9 Å². The van der Waals surface area contributed by atoms with Gasteiger partial charge in [-0.2, -0.15) is 0 Å². The summed E-state index contributed by atoms with van der Waals surface area (Å²) in [7, 11) is 0. The summed E-state index contributed by atoms with van der Waals surface area (Å²) in [6.07, 6.45) is 4.72. The van der Waals surface area contributed by atoms with Crippen molar-refractivity contribution in [2.75, 3.05) is 6.61 Å². The van der Waals surface area contributed by atoms with Crippen LogP contribution in [-0.2, 0) is 20.7 Å². The second-order valence-electron chi connectivity index (χ2n) is 5.17. The third kappa shape index (κ3) is 3.60. The molecule has 20 heavy (non-hydrogen) atoms. The Kier molecular flexibility index (Phi) is 5.17. The Balaban J connectivity index is 2.03. The molecule has 1 fully saturated rings. The van der Waals surface area contributed by atoms with Crippen molar-refractivity contribution in [3.05, 3.63) is 22.4 Å². The molecule has 0 aliphatic heterocycles. The molecule has 0 atom stereocenters. The van der Waals surface area contributed by atoms with E-state index in [1.165, 1.54) is 0 Å². The van der Waals surface area contributed by atoms with Crippen LogP contribution in [0.2, 0.25) is 0 Å². The summed E-state index contributed by atoms with van der Waals surface area (Å²) in [6, 6.07) is 3.86. The maximum Gasteiger partial charge on any atom is 0.331 e. The summed E-state index contributed by atoms with van der Waals surface area (Å²) >= 11 is 1.55. The molecule has 110 valence electrons. The van der Waals surface area contributed by atoms with Crippen LogP contribution in [0.15, 0.2) is 17.5 Å². The van der Waals surface area contributed by atoms with Crippen molar-refractivity contribution in [2.45, 2.75) is 51.0 Å². The van der Waals surface area contributed by atoms with Gasteiger partial charge in [-0.3, -0.25) is 4.79 Å². The number of rotatable bonds is 5. The predicted molar refractivity (Wildman–Crippen MR) is 78.6 cm³/mol. The van der Waals surface area contributed by atoms with Gasteiger partial charge in [0.05, 0.1) is 13.0 Å². The van der Waals surface area contributed by atoms with Gasteiger partial charge in [0.1, 0.15) is 5.54 Å². The van der Waals surface area contributed by atoms with E-state index in [0.29, 0.717) is 25.9 Å². The van der Waals surface area contributed by atoms with Gasteiger partial charge in [0.2, 0.25) is 5.91 Å². The van der Waals surface area contributed by atoms with Crippen LogP contribution in [0.25, 0.3) is 0 Å². The van der Waals surface area contributed by atoms with Gasteiger partial charge in [-0.1, -0.05) is 25.3 Å². The Morgan fingerprint density at radius 1 is 1.35 bits per heavy atom. The maximum atomic E-state index is 12.2. The minimum atomic E-state index is -0.803. The van der Waals surface area contributed by atoms with Gasteiger partial charge in [-0.05, 0) is 31.2 Å². The van der Waals surface area contributed by atoms with Gasteiger partial charge in [-0.15, -0.1) is 11.3 Å². The number of thiophene rings is 1. The molecule has 1 aromatic rings. The van der Waals surface area contributed by atoms with E-state index >= 15 is 0 Å². The summed E-state index contributed by atoms with van der Waals surface area (Å²) in [5.41, 5.74) is -0.803. The average molecular weight is 295 g/mol. The fraction of sp³-hybridized carbons (Fsp3) is 0.600. The van der Waals surface area contributed by atoms with Crippen LogP contribution in [-0.4, -0.2) is 24.0 Å². The number of esters is 1. The van der Waals surface area contributed by atoms with E-state index in [2.05, 4.69) is 5.32 Å². The molecule has 0 spiro atoms. The molecule has 0 saturated heterocycles. The molecule has 2 rings (SSSR count). The predicted octanol–water partition coefficient (Wildman–Crippen LogP) is 2.67. The van der Waals surface area contributed by atoms with Crippen molar-refractivity contribution >= 4 is 23.2 Å². The summed E-state index contributed by atoms with van der Waals surface area (Å²) in [4.78, 5) is 25.4. The SMILES string of the molecule is CCOC(=O)C1(NC(=O)Cc2cccs2)CCCCC1. The van der Waals surface area contributed by atoms with Crippen LogP contribution >= 0.6 is 11.3 Å². The largest absolute Gasteiger partial charge is 0.464 e. The van der Waals surface area contributed by atoms with Gasteiger partial charge in [0.25, 0.3) is 0 Å². The highest BCUT2D eigenvalue weighted by molar-refractivity contribution is 7.10. The first-order valence-corrected chi connectivity index (χ1v) is 8.05. The molecule has 4 nitrogen and oxygen atoms in total. The fourth-order valence-electron chi connectivity index (χ4n) is 2.69. The molecular formula is C15H21NO3S. The third-order valence-electron chi connectivity index (χ3n) is 3.67. The first kappa shape index (κ1) is 15.0. The minimum absolute atomic E-state index is 0.0950. The molecule has 0 aromatic carbocycles. The topological polar surface area (TPSA) is 55.4 Å². The van der Waals surface area contributed by atoms with Crippen molar-refractivity contribution in [3.8, 4) is 0 Å². The Bertz CT molecular complexity index is 450. The number of carbonyl (C=O) groups is 2. The van der Waals surface area contributed by atoms with Gasteiger partial charge >= 0.3 is 5.97 Å². The third-order valence-corrected chi connectivity index (χ3v) is 4.54. The lowest BCUT2D eigenvalue weighted by molar-refractivity contribution is -0.155. The number of hydrogen-bond donors (Lipinski definition) is 1. The zero-order valence-corrected chi connectivity index (χ0v) is 12.6. The second-order valence-corrected chi connectivity index (χ2v) is 6.20. The monoisotopic (exact) mass is 295 g/mol. The van der Waals surface area contributed by atoms with E-state index in [9.17, 15) is 9.59 Å². The fourth-order valence-corrected chi connectivity index (χ4v) is 3.39. The lowest BCUT2D eigenvalue weighted by Crippen LogP contribution is -2.56. The molecule has 5 heteroatoms. The van der Waals surface area contributed by atoms with Crippen LogP contribution in [0, 0.1) is 0 Å². The molecule has 1 amide bonds. The van der Waals surface area contributed by atoms with Gasteiger partial charge in [0.15, 0.2) is 0 Å². The minimum Gasteiger partial charge on any atom is -0.464 e. The molecule has 1 aliphatic rings. The van der Waals surface area contributed by atoms with Crippen LogP contribution in [0.4, 0.5) is 0 Å². The van der Waals surface area contributed by atoms with Crippen LogP contribution in [0.3, 0.4) is 0 Å². The molecule has 1 saturated carbocycles. The Morgan fingerprint density at radius 2 is 2.10 bits per heavy atom. The first-order chi connectivity index (χ1) is 9.66. The van der Waals surface area contributed by atoms with Crippen LogP contribution in [0.1, 0.15) is 43.9 Å². The summed E-state index contributed by atoms with van der Waals surface area (Å²) in [5, 5.41) is 4.90. The number of carbonyl (C=O) groups excluding carboxylic acids is 2. The van der Waals surface area contributed by atoms with E-state index < -0.39 is 5.54 Å². The highest BCUT2D eigenvalue weighted by Gasteiger charge is 2.42. The lowest BCUT2D eigenvalue weighted by Gasteiger charge is -2.35. The zero-order chi connectivity index (χ0) is 14.4. The molecule has 1 aliphatic carbocycles. The summed E-state index contributed by atoms with van der Waals surface area (Å²) in [5.74, 6) is -0.373. The Hall–Kier alpha value is -1.36. The van der Waals surface area contributed by atoms with E-state index in [1.807, 2.05) is 17.5 Å². The normalized spacial score (nSPS) is 17.4. The van der Waals surface area contributed by atoms with Crippen molar-refractivity contribution < 1.29 is 14.3 Å². The highest BCUT2D eigenvalue weighted by atomic mass is 32.1. The average Bonchev–Trinajstić information content (AvgIpc) is 2.92. The van der Waals surface area contributed by atoms with Crippen molar-refractivity contribution in [1.29, 1.82) is 0 Å². The smallest absolute Gasteiger partial charge is 0.331 e.